The molecule has 0 aromatic heterocycles. The SMILES string of the molecule is CC[Si](CC)(CC)OC1C=CCC[C@@]1(C(=O)OCc1ccc(OC)cc1)c1ccccc1. The second kappa shape index (κ2) is 11.0. The van der Waals surface area contributed by atoms with E-state index in [9.17, 15) is 4.79 Å². The van der Waals surface area contributed by atoms with Gasteiger partial charge in [-0.05, 0) is 54.2 Å². The Morgan fingerprint density at radius 1 is 1.00 bits per heavy atom. The van der Waals surface area contributed by atoms with Crippen molar-refractivity contribution < 1.29 is 18.7 Å². The molecule has 0 amide bonds. The van der Waals surface area contributed by atoms with Crippen molar-refractivity contribution in [3.05, 3.63) is 77.9 Å². The molecule has 4 nitrogen and oxygen atoms in total. The fraction of sp³-hybridized carbons (Fsp3) is 0.444. The van der Waals surface area contributed by atoms with E-state index in [0.29, 0.717) is 6.42 Å². The quantitative estimate of drug-likeness (QED) is 0.237. The van der Waals surface area contributed by atoms with Crippen LogP contribution in [-0.4, -0.2) is 27.5 Å². The standard InChI is InChI=1S/C27H36O4Si/c1-5-32(6-2,7-3)31-25-15-11-12-20-27(25,23-13-9-8-10-14-23)26(28)30-21-22-16-18-24(29-4)19-17-22/h8-11,13-19,25H,5-7,12,20-21H2,1-4H3/t25?,27-/m1/s1. The zero-order chi connectivity index (χ0) is 23.0. The van der Waals surface area contributed by atoms with E-state index >= 15 is 0 Å². The maximum absolute atomic E-state index is 13.8. The number of carbonyl (C=O) groups excluding carboxylic acids is 1. The first-order chi connectivity index (χ1) is 15.5. The lowest BCUT2D eigenvalue weighted by atomic mass is 9.70. The fourth-order valence-electron chi connectivity index (χ4n) is 4.63. The van der Waals surface area contributed by atoms with Gasteiger partial charge in [-0.2, -0.15) is 0 Å². The molecule has 2 atom stereocenters. The summed E-state index contributed by atoms with van der Waals surface area (Å²) in [6, 6.07) is 20.8. The first-order valence-electron chi connectivity index (χ1n) is 11.7. The highest BCUT2D eigenvalue weighted by Crippen LogP contribution is 2.42. The van der Waals surface area contributed by atoms with E-state index in [1.807, 2.05) is 54.6 Å². The van der Waals surface area contributed by atoms with Gasteiger partial charge in [0.05, 0.1) is 13.2 Å². The summed E-state index contributed by atoms with van der Waals surface area (Å²) in [6.45, 7) is 6.89. The van der Waals surface area contributed by atoms with Gasteiger partial charge in [-0.15, -0.1) is 0 Å². The van der Waals surface area contributed by atoms with Crippen molar-refractivity contribution in [2.75, 3.05) is 7.11 Å². The zero-order valence-corrected chi connectivity index (χ0v) is 20.8. The van der Waals surface area contributed by atoms with E-state index in [2.05, 4.69) is 32.9 Å². The highest BCUT2D eigenvalue weighted by Gasteiger charge is 2.51. The van der Waals surface area contributed by atoms with Crippen LogP contribution in [0.1, 0.15) is 44.7 Å². The Morgan fingerprint density at radius 3 is 2.25 bits per heavy atom. The third-order valence-corrected chi connectivity index (χ3v) is 11.6. The molecule has 0 radical (unpaired) electrons. The predicted octanol–water partition coefficient (Wildman–Crippen LogP) is 6.42. The van der Waals surface area contributed by atoms with E-state index in [1.165, 1.54) is 0 Å². The number of ether oxygens (including phenoxy) is 2. The van der Waals surface area contributed by atoms with Crippen LogP contribution >= 0.6 is 0 Å². The molecule has 1 unspecified atom stereocenters. The van der Waals surface area contributed by atoms with Gasteiger partial charge in [0.2, 0.25) is 0 Å². The van der Waals surface area contributed by atoms with E-state index < -0.39 is 13.7 Å². The van der Waals surface area contributed by atoms with Gasteiger partial charge in [0.25, 0.3) is 0 Å². The molecule has 0 heterocycles. The van der Waals surface area contributed by atoms with Crippen LogP contribution in [0.5, 0.6) is 5.75 Å². The van der Waals surface area contributed by atoms with Gasteiger partial charge in [-0.3, -0.25) is 4.79 Å². The predicted molar refractivity (Wildman–Crippen MR) is 131 cm³/mol. The summed E-state index contributed by atoms with van der Waals surface area (Å²) in [7, 11) is -0.302. The third kappa shape index (κ3) is 4.99. The van der Waals surface area contributed by atoms with E-state index in [4.69, 9.17) is 13.9 Å². The summed E-state index contributed by atoms with van der Waals surface area (Å²) < 4.78 is 18.1. The number of carbonyl (C=O) groups is 1. The molecule has 0 saturated carbocycles. The summed E-state index contributed by atoms with van der Waals surface area (Å²) in [6.07, 6.45) is 5.46. The van der Waals surface area contributed by atoms with Gasteiger partial charge < -0.3 is 13.9 Å². The molecule has 3 rings (SSSR count). The molecule has 5 heteroatoms. The zero-order valence-electron chi connectivity index (χ0n) is 19.8. The lowest BCUT2D eigenvalue weighted by Gasteiger charge is -2.44. The number of hydrogen-bond donors (Lipinski definition) is 0. The molecule has 0 N–H and O–H groups in total. The number of methoxy groups -OCH3 is 1. The topological polar surface area (TPSA) is 44.8 Å². The van der Waals surface area contributed by atoms with Crippen molar-refractivity contribution in [2.45, 2.75) is 69.9 Å². The first kappa shape index (κ1) is 24.3. The molecule has 1 aliphatic carbocycles. The monoisotopic (exact) mass is 452 g/mol. The van der Waals surface area contributed by atoms with Crippen LogP contribution in [-0.2, 0) is 26.0 Å². The van der Waals surface area contributed by atoms with Gasteiger partial charge in [-0.25, -0.2) is 0 Å². The highest BCUT2D eigenvalue weighted by molar-refractivity contribution is 6.73. The molecular formula is C27H36O4Si. The third-order valence-electron chi connectivity index (χ3n) is 6.99. The minimum atomic E-state index is -1.94. The maximum atomic E-state index is 13.8. The molecule has 0 bridgehead atoms. The minimum Gasteiger partial charge on any atom is -0.497 e. The number of allylic oxidation sites excluding steroid dienone is 1. The van der Waals surface area contributed by atoms with Crippen molar-refractivity contribution in [1.82, 2.24) is 0 Å². The van der Waals surface area contributed by atoms with Gasteiger partial charge in [0.1, 0.15) is 17.8 Å². The van der Waals surface area contributed by atoms with Gasteiger partial charge in [0, 0.05) is 0 Å². The molecule has 0 spiro atoms. The van der Waals surface area contributed by atoms with Crippen molar-refractivity contribution in [2.24, 2.45) is 0 Å². The second-order valence-electron chi connectivity index (χ2n) is 8.51. The average molecular weight is 453 g/mol. The summed E-state index contributed by atoms with van der Waals surface area (Å²) in [5.74, 6) is 0.576. The first-order valence-corrected chi connectivity index (χ1v) is 14.3. The number of esters is 1. The Hall–Kier alpha value is -2.37. The van der Waals surface area contributed by atoms with Crippen LogP contribution in [0, 0.1) is 0 Å². The Morgan fingerprint density at radius 2 is 1.66 bits per heavy atom. The minimum absolute atomic E-state index is 0.208. The van der Waals surface area contributed by atoms with Crippen molar-refractivity contribution in [3.8, 4) is 5.75 Å². The van der Waals surface area contributed by atoms with Crippen molar-refractivity contribution in [3.63, 3.8) is 0 Å². The van der Waals surface area contributed by atoms with Gasteiger partial charge in [-0.1, -0.05) is 75.4 Å². The molecule has 172 valence electrons. The summed E-state index contributed by atoms with van der Waals surface area (Å²) in [5.41, 5.74) is 1.08. The summed E-state index contributed by atoms with van der Waals surface area (Å²) in [4.78, 5) is 13.8. The van der Waals surface area contributed by atoms with Crippen molar-refractivity contribution in [1.29, 1.82) is 0 Å². The van der Waals surface area contributed by atoms with Crippen LogP contribution in [0.15, 0.2) is 66.7 Å². The Labute approximate surface area is 193 Å². The van der Waals surface area contributed by atoms with Crippen LogP contribution in [0.4, 0.5) is 0 Å². The lowest BCUT2D eigenvalue weighted by molar-refractivity contribution is -0.156. The molecule has 0 aliphatic heterocycles. The number of hydrogen-bond acceptors (Lipinski definition) is 4. The Kier molecular flexibility index (Phi) is 8.32. The maximum Gasteiger partial charge on any atom is 0.319 e. The Bertz CT molecular complexity index is 881. The van der Waals surface area contributed by atoms with Crippen LogP contribution < -0.4 is 4.74 Å². The van der Waals surface area contributed by atoms with Crippen LogP contribution in [0.25, 0.3) is 0 Å². The number of benzene rings is 2. The summed E-state index contributed by atoms with van der Waals surface area (Å²) in [5, 5.41) is 0. The number of rotatable bonds is 10. The van der Waals surface area contributed by atoms with Crippen LogP contribution in [0.3, 0.4) is 0 Å². The Balaban J connectivity index is 1.94. The second-order valence-corrected chi connectivity index (χ2v) is 13.2. The molecular weight excluding hydrogens is 416 g/mol. The van der Waals surface area contributed by atoms with Gasteiger partial charge >= 0.3 is 5.97 Å². The smallest absolute Gasteiger partial charge is 0.319 e. The average Bonchev–Trinajstić information content (AvgIpc) is 2.87. The molecule has 0 fully saturated rings. The highest BCUT2D eigenvalue weighted by atomic mass is 28.4. The normalized spacial score (nSPS) is 20.7. The molecule has 0 saturated heterocycles. The molecule has 2 aromatic rings. The fourth-order valence-corrected chi connectivity index (χ4v) is 7.44. The van der Waals surface area contributed by atoms with E-state index in [-0.39, 0.29) is 18.7 Å². The van der Waals surface area contributed by atoms with Crippen molar-refractivity contribution >= 4 is 14.3 Å². The largest absolute Gasteiger partial charge is 0.497 e. The molecule has 32 heavy (non-hydrogen) atoms. The van der Waals surface area contributed by atoms with Crippen LogP contribution in [0.2, 0.25) is 18.1 Å². The molecule has 2 aromatic carbocycles. The summed E-state index contributed by atoms with van der Waals surface area (Å²) >= 11 is 0. The van der Waals surface area contributed by atoms with E-state index in [1.54, 1.807) is 7.11 Å². The molecule has 1 aliphatic rings. The lowest BCUT2D eigenvalue weighted by Crippen LogP contribution is -2.54. The van der Waals surface area contributed by atoms with E-state index in [0.717, 1.165) is 41.4 Å². The van der Waals surface area contributed by atoms with Gasteiger partial charge in [0.15, 0.2) is 8.32 Å².